The summed E-state index contributed by atoms with van der Waals surface area (Å²) in [5, 5.41) is 19.7. The van der Waals surface area contributed by atoms with E-state index in [1.165, 1.54) is 24.6 Å². The summed E-state index contributed by atoms with van der Waals surface area (Å²) in [4.78, 5) is 21.6. The molecule has 1 aliphatic heterocycles. The predicted molar refractivity (Wildman–Crippen MR) is 135 cm³/mol. The number of hydrogen-bond donors (Lipinski definition) is 1. The first-order valence-corrected chi connectivity index (χ1v) is 12.5. The van der Waals surface area contributed by atoms with Crippen LogP contribution in [0.3, 0.4) is 0 Å². The molecule has 0 radical (unpaired) electrons. The second kappa shape index (κ2) is 11.4. The van der Waals surface area contributed by atoms with Crippen molar-refractivity contribution < 1.29 is 4.79 Å². The zero-order valence-corrected chi connectivity index (χ0v) is 21.1. The van der Waals surface area contributed by atoms with E-state index in [9.17, 15) is 15.3 Å². The van der Waals surface area contributed by atoms with Gasteiger partial charge in [0.1, 0.15) is 28.2 Å². The molecule has 1 aromatic heterocycles. The lowest BCUT2D eigenvalue weighted by atomic mass is 10.0. The van der Waals surface area contributed by atoms with Crippen LogP contribution in [0.2, 0.25) is 0 Å². The Kier molecular flexibility index (Phi) is 8.55. The highest BCUT2D eigenvalue weighted by molar-refractivity contribution is 8.00. The Bertz CT molecular complexity index is 1100. The van der Waals surface area contributed by atoms with E-state index in [1.807, 2.05) is 49.2 Å². The molecule has 178 valence electrons. The lowest BCUT2D eigenvalue weighted by Gasteiger charge is -2.29. The Morgan fingerprint density at radius 2 is 1.82 bits per heavy atom. The van der Waals surface area contributed by atoms with Gasteiger partial charge in [-0.3, -0.25) is 9.69 Å². The van der Waals surface area contributed by atoms with E-state index >= 15 is 0 Å². The van der Waals surface area contributed by atoms with E-state index in [0.29, 0.717) is 52.6 Å². The number of likely N-dealkylation sites (tertiary alicyclic amines) is 1. The largest absolute Gasteiger partial charge is 0.368 e. The van der Waals surface area contributed by atoms with Crippen LogP contribution >= 0.6 is 11.8 Å². The Labute approximate surface area is 206 Å². The number of primary amides is 1. The van der Waals surface area contributed by atoms with Gasteiger partial charge in [0.2, 0.25) is 5.91 Å². The molecule has 7 nitrogen and oxygen atoms in total. The van der Waals surface area contributed by atoms with Gasteiger partial charge in [0.15, 0.2) is 0 Å². The number of amides is 1. The zero-order valence-electron chi connectivity index (χ0n) is 20.3. The molecule has 0 aliphatic carbocycles. The van der Waals surface area contributed by atoms with Gasteiger partial charge in [0.25, 0.3) is 0 Å². The molecular weight excluding hydrogens is 444 g/mol. The van der Waals surface area contributed by atoms with Crippen molar-refractivity contribution in [3.05, 3.63) is 52.6 Å². The van der Waals surface area contributed by atoms with Crippen molar-refractivity contribution in [2.24, 2.45) is 5.73 Å². The number of carbonyl (C=O) groups is 1. The second-order valence-corrected chi connectivity index (χ2v) is 9.89. The highest BCUT2D eigenvalue weighted by Crippen LogP contribution is 2.39. The number of anilines is 1. The van der Waals surface area contributed by atoms with E-state index in [0.717, 1.165) is 12.1 Å². The molecule has 0 bridgehead atoms. The number of nitrogens with zero attached hydrogens (tertiary/aromatic N) is 5. The fourth-order valence-electron chi connectivity index (χ4n) is 4.64. The summed E-state index contributed by atoms with van der Waals surface area (Å²) < 4.78 is 0. The molecule has 0 saturated carbocycles. The molecule has 1 unspecified atom stereocenters. The molecule has 2 aromatic rings. The second-order valence-electron chi connectivity index (χ2n) is 8.79. The number of thioether (sulfide) groups is 1. The Morgan fingerprint density at radius 1 is 1.21 bits per heavy atom. The first kappa shape index (κ1) is 25.6. The van der Waals surface area contributed by atoms with E-state index in [2.05, 4.69) is 30.9 Å². The molecule has 1 amide bonds. The predicted octanol–water partition coefficient (Wildman–Crippen LogP) is 4.02. The van der Waals surface area contributed by atoms with Gasteiger partial charge in [-0.1, -0.05) is 49.0 Å². The number of likely N-dealkylation sites (N-methyl/N-ethyl adjacent to an activating group) is 1. The molecule has 2 heterocycles. The molecule has 3 rings (SSSR count). The third-order valence-electron chi connectivity index (χ3n) is 6.61. The maximum absolute atomic E-state index is 12.3. The fourth-order valence-corrected chi connectivity index (χ4v) is 5.69. The minimum Gasteiger partial charge on any atom is -0.368 e. The van der Waals surface area contributed by atoms with Crippen molar-refractivity contribution in [2.45, 2.75) is 62.4 Å². The summed E-state index contributed by atoms with van der Waals surface area (Å²) in [6.45, 7) is 7.99. The number of nitriles is 2. The summed E-state index contributed by atoms with van der Waals surface area (Å²) >= 11 is 1.17. The average Bonchev–Trinajstić information content (AvgIpc) is 3.16. The lowest BCUT2D eigenvalue weighted by molar-refractivity contribution is -0.117. The van der Waals surface area contributed by atoms with E-state index < -0.39 is 11.2 Å². The lowest BCUT2D eigenvalue weighted by Crippen LogP contribution is -2.39. The van der Waals surface area contributed by atoms with E-state index in [1.54, 1.807) is 0 Å². The van der Waals surface area contributed by atoms with Crippen molar-refractivity contribution in [1.29, 1.82) is 10.5 Å². The fraction of sp³-hybridized carbons (Fsp3) is 0.462. The molecule has 1 aromatic carbocycles. The summed E-state index contributed by atoms with van der Waals surface area (Å²) in [5.41, 5.74) is 7.90. The topological polar surface area (TPSA) is 110 Å². The van der Waals surface area contributed by atoms with Gasteiger partial charge >= 0.3 is 0 Å². The molecule has 3 atom stereocenters. The summed E-state index contributed by atoms with van der Waals surface area (Å²) in [6, 6.07) is 14.8. The van der Waals surface area contributed by atoms with Crippen LogP contribution < -0.4 is 10.6 Å². The summed E-state index contributed by atoms with van der Waals surface area (Å²) in [5.74, 6) is 0.0350. The van der Waals surface area contributed by atoms with Crippen LogP contribution in [-0.4, -0.2) is 48.0 Å². The molecule has 8 heteroatoms. The van der Waals surface area contributed by atoms with Crippen molar-refractivity contribution >= 4 is 23.5 Å². The molecule has 1 fully saturated rings. The van der Waals surface area contributed by atoms with Crippen LogP contribution in [0.15, 0.2) is 35.4 Å². The van der Waals surface area contributed by atoms with Crippen molar-refractivity contribution in [1.82, 2.24) is 9.88 Å². The highest BCUT2D eigenvalue weighted by Gasteiger charge is 2.29. The van der Waals surface area contributed by atoms with Gasteiger partial charge < -0.3 is 10.6 Å². The van der Waals surface area contributed by atoms with Crippen LogP contribution in [-0.2, 0) is 11.2 Å². The van der Waals surface area contributed by atoms with Gasteiger partial charge in [0.05, 0.1) is 11.1 Å². The normalized spacial score (nSPS) is 18.8. The molecule has 0 spiro atoms. The highest BCUT2D eigenvalue weighted by atomic mass is 32.2. The van der Waals surface area contributed by atoms with Crippen molar-refractivity contribution in [2.75, 3.05) is 25.0 Å². The van der Waals surface area contributed by atoms with E-state index in [-0.39, 0.29) is 0 Å². The van der Waals surface area contributed by atoms with Gasteiger partial charge in [-0.15, -0.1) is 0 Å². The van der Waals surface area contributed by atoms with Gasteiger partial charge in [-0.25, -0.2) is 4.98 Å². The first-order valence-electron chi connectivity index (χ1n) is 11.7. The van der Waals surface area contributed by atoms with Gasteiger partial charge in [0, 0.05) is 32.2 Å². The third-order valence-corrected chi connectivity index (χ3v) is 7.86. The van der Waals surface area contributed by atoms with Crippen LogP contribution in [0, 0.1) is 22.7 Å². The smallest absolute Gasteiger partial charge is 0.235 e. The number of nitrogens with two attached hydrogens (primary N) is 1. The monoisotopic (exact) mass is 476 g/mol. The molecule has 2 N–H and O–H groups in total. The number of hydrogen-bond acceptors (Lipinski definition) is 7. The van der Waals surface area contributed by atoms with E-state index in [4.69, 9.17) is 10.7 Å². The first-order chi connectivity index (χ1) is 16.3. The third kappa shape index (κ3) is 5.35. The van der Waals surface area contributed by atoms with Crippen LogP contribution in [0.5, 0.6) is 0 Å². The molecule has 1 aliphatic rings. The minimum absolute atomic E-state index is 0.338. The Balaban J connectivity index is 2.00. The van der Waals surface area contributed by atoms with Gasteiger partial charge in [-0.2, -0.15) is 10.5 Å². The maximum atomic E-state index is 12.3. The maximum Gasteiger partial charge on any atom is 0.235 e. The van der Waals surface area contributed by atoms with Crippen LogP contribution in [0.25, 0.3) is 0 Å². The number of benzene rings is 1. The van der Waals surface area contributed by atoms with Crippen molar-refractivity contribution in [3.8, 4) is 12.1 Å². The molecule has 1 saturated heterocycles. The zero-order chi connectivity index (χ0) is 24.8. The SMILES string of the molecule is CCc1c(C#N)c(SC(C(N)=O)c2ccccc2)nc(N(C)CCN2[C@@H](C)CC[C@@H]2C)c1C#N. The number of carbonyl (C=O) groups excluding carboxylic acids is 1. The summed E-state index contributed by atoms with van der Waals surface area (Å²) in [7, 11) is 1.93. The van der Waals surface area contributed by atoms with Crippen molar-refractivity contribution in [3.63, 3.8) is 0 Å². The Morgan fingerprint density at radius 3 is 2.35 bits per heavy atom. The van der Waals surface area contributed by atoms with Crippen LogP contribution in [0.4, 0.5) is 5.82 Å². The standard InChI is InChI=1S/C26H32N6OS/c1-5-20-21(15-27)25(31(4)13-14-32-17(2)11-12-18(32)3)30-26(22(20)16-28)34-23(24(29)33)19-9-7-6-8-10-19/h6-10,17-18,23H,5,11-14H2,1-4H3,(H2,29,33)/t17-,18-,23?/m0/s1. The minimum atomic E-state index is -0.692. The number of aromatic nitrogens is 1. The Hall–Kier alpha value is -3.07. The summed E-state index contributed by atoms with van der Waals surface area (Å²) in [6.07, 6.45) is 2.89. The van der Waals surface area contributed by atoms with Gasteiger partial charge in [-0.05, 0) is 44.2 Å². The number of rotatable bonds is 9. The molecular formula is C26H32N6OS. The number of pyridine rings is 1. The van der Waals surface area contributed by atoms with Crippen LogP contribution in [0.1, 0.15) is 61.1 Å². The average molecular weight is 477 g/mol. The molecule has 34 heavy (non-hydrogen) atoms. The quantitative estimate of drug-likeness (QED) is 0.544.